The number of rotatable bonds is 12. The molecule has 8 nitrogen and oxygen atoms in total. The molecule has 0 unspecified atom stereocenters. The number of benzene rings is 2. The molecule has 0 aliphatic carbocycles. The Labute approximate surface area is 224 Å². The first-order valence-electron chi connectivity index (χ1n) is 10.8. The molecular formula is C26H25NaO8. The van der Waals surface area contributed by atoms with Gasteiger partial charge in [-0.2, -0.15) is 0 Å². The molecule has 0 aliphatic heterocycles. The van der Waals surface area contributed by atoms with Gasteiger partial charge in [-0.1, -0.05) is 12.1 Å². The van der Waals surface area contributed by atoms with Crippen LogP contribution in [0.3, 0.4) is 0 Å². The minimum Gasteiger partial charge on any atom is -0.542 e. The topological polar surface area (TPSA) is 126 Å². The van der Waals surface area contributed by atoms with Crippen LogP contribution >= 0.6 is 0 Å². The number of aromatic carboxylic acids is 1. The van der Waals surface area contributed by atoms with Crippen molar-refractivity contribution in [1.29, 1.82) is 0 Å². The van der Waals surface area contributed by atoms with E-state index in [0.717, 1.165) is 12.5 Å². The minimum absolute atomic E-state index is 0. The Morgan fingerprint density at radius 1 is 1.09 bits per heavy atom. The largest absolute Gasteiger partial charge is 1.00 e. The monoisotopic (exact) mass is 488 g/mol. The molecule has 178 valence electrons. The summed E-state index contributed by atoms with van der Waals surface area (Å²) in [5.74, 6) is -1.65. The average molecular weight is 488 g/mol. The van der Waals surface area contributed by atoms with Crippen LogP contribution < -0.4 is 49.6 Å². The number of carboxylic acids is 1. The standard InChI is InChI=1S/C26H26O8.Na/c1-3-8-18-21(12-11-17-20(29)15-23(26(30)31)34-25(17)18)32-13-5-4-6-14-33-22-10-7-9-19(28)24(22)16(2)27;/h3,7,9-12,15,28H,1,4-6,8,13-14H2,2H3,(H,30,31);/q;+1/p-1. The van der Waals surface area contributed by atoms with Crippen LogP contribution in [0.2, 0.25) is 0 Å². The zero-order valence-electron chi connectivity index (χ0n) is 19.8. The van der Waals surface area contributed by atoms with Crippen LogP contribution in [0.1, 0.15) is 52.7 Å². The van der Waals surface area contributed by atoms with Crippen LogP contribution in [0.25, 0.3) is 11.0 Å². The summed E-state index contributed by atoms with van der Waals surface area (Å²) in [6.45, 7) is 5.83. The van der Waals surface area contributed by atoms with E-state index in [-0.39, 0.29) is 57.6 Å². The molecular weight excluding hydrogens is 463 g/mol. The maximum Gasteiger partial charge on any atom is 1.00 e. The summed E-state index contributed by atoms with van der Waals surface area (Å²) in [7, 11) is 0. The number of Topliss-reactive ketones (excluding diaryl/α,β-unsaturated/α-hetero) is 1. The molecule has 0 atom stereocenters. The molecule has 0 aliphatic rings. The fraction of sp³-hybridized carbons (Fsp3) is 0.269. The summed E-state index contributed by atoms with van der Waals surface area (Å²) < 4.78 is 17.0. The first kappa shape index (κ1) is 28.2. The molecule has 9 heteroatoms. The van der Waals surface area contributed by atoms with Gasteiger partial charge in [0.25, 0.3) is 0 Å². The summed E-state index contributed by atoms with van der Waals surface area (Å²) in [5, 5.41) is 21.3. The van der Waals surface area contributed by atoms with Gasteiger partial charge in [-0.15, -0.1) is 6.58 Å². The molecule has 3 aromatic rings. The van der Waals surface area contributed by atoms with Crippen molar-refractivity contribution >= 4 is 22.7 Å². The van der Waals surface area contributed by atoms with Gasteiger partial charge in [0.1, 0.15) is 34.4 Å². The Hall–Kier alpha value is -3.07. The third-order valence-electron chi connectivity index (χ3n) is 5.17. The summed E-state index contributed by atoms with van der Waals surface area (Å²) in [6.07, 6.45) is 4.13. The van der Waals surface area contributed by atoms with E-state index in [1.54, 1.807) is 24.3 Å². The Balaban J connectivity index is 0.00000432. The fourth-order valence-electron chi connectivity index (χ4n) is 3.57. The number of allylic oxidation sites excluding steroid dienone is 1. The number of fused-ring (bicyclic) bond motifs is 1. The molecule has 1 heterocycles. The molecule has 35 heavy (non-hydrogen) atoms. The van der Waals surface area contributed by atoms with E-state index in [9.17, 15) is 24.6 Å². The van der Waals surface area contributed by atoms with Crippen molar-refractivity contribution in [2.75, 3.05) is 13.2 Å². The smallest absolute Gasteiger partial charge is 0.542 e. The molecule has 0 amide bonds. The second-order valence-electron chi connectivity index (χ2n) is 7.64. The van der Waals surface area contributed by atoms with Gasteiger partial charge in [0.05, 0.1) is 18.6 Å². The third kappa shape index (κ3) is 6.97. The number of carboxylic acid groups (broad SMARTS) is 1. The van der Waals surface area contributed by atoms with Crippen LogP contribution in [0.4, 0.5) is 0 Å². The summed E-state index contributed by atoms with van der Waals surface area (Å²) in [4.78, 5) is 35.1. The van der Waals surface area contributed by atoms with Crippen LogP contribution in [0.5, 0.6) is 17.2 Å². The Morgan fingerprint density at radius 2 is 1.77 bits per heavy atom. The predicted molar refractivity (Wildman–Crippen MR) is 124 cm³/mol. The molecule has 1 aromatic heterocycles. The van der Waals surface area contributed by atoms with Gasteiger partial charge >= 0.3 is 29.6 Å². The van der Waals surface area contributed by atoms with Crippen molar-refractivity contribution in [1.82, 2.24) is 0 Å². The molecule has 0 bridgehead atoms. The van der Waals surface area contributed by atoms with Gasteiger partial charge in [-0.25, -0.2) is 0 Å². The fourth-order valence-corrected chi connectivity index (χ4v) is 3.57. The van der Waals surface area contributed by atoms with Crippen LogP contribution in [0, 0.1) is 0 Å². The quantitative estimate of drug-likeness (QED) is 0.168. The third-order valence-corrected chi connectivity index (χ3v) is 5.17. The summed E-state index contributed by atoms with van der Waals surface area (Å²) in [6, 6.07) is 8.80. The number of ether oxygens (including phenoxy) is 2. The van der Waals surface area contributed by atoms with E-state index < -0.39 is 17.2 Å². The van der Waals surface area contributed by atoms with Gasteiger partial charge < -0.3 is 28.9 Å². The average Bonchev–Trinajstić information content (AvgIpc) is 2.79. The van der Waals surface area contributed by atoms with E-state index in [1.807, 2.05) is 0 Å². The molecule has 3 rings (SSSR count). The summed E-state index contributed by atoms with van der Waals surface area (Å²) in [5.41, 5.74) is 0.379. The van der Waals surface area contributed by atoms with Crippen LogP contribution in [0.15, 0.2) is 58.3 Å². The molecule has 0 saturated carbocycles. The van der Waals surface area contributed by atoms with Crippen molar-refractivity contribution in [3.8, 4) is 17.2 Å². The predicted octanol–water partition coefficient (Wildman–Crippen LogP) is 0.425. The van der Waals surface area contributed by atoms with E-state index in [2.05, 4.69) is 6.58 Å². The van der Waals surface area contributed by atoms with Gasteiger partial charge in [0, 0.05) is 11.6 Å². The molecule has 0 spiro atoms. The van der Waals surface area contributed by atoms with Crippen molar-refractivity contribution < 1.29 is 63.3 Å². The van der Waals surface area contributed by atoms with Crippen LogP contribution in [-0.2, 0) is 6.42 Å². The SMILES string of the molecule is C=CCc1c(OCCCCCOc2cccc(O)c2C(C)=O)ccc2c(=O)cc(C(=O)[O-])oc12.[Na+]. The van der Waals surface area contributed by atoms with E-state index in [0.29, 0.717) is 49.5 Å². The number of unbranched alkanes of at least 4 members (excludes halogenated alkanes) is 2. The molecule has 0 saturated heterocycles. The zero-order valence-corrected chi connectivity index (χ0v) is 21.8. The normalized spacial score (nSPS) is 10.4. The summed E-state index contributed by atoms with van der Waals surface area (Å²) >= 11 is 0. The number of carbonyl (C=O) groups excluding carboxylic acids is 2. The van der Waals surface area contributed by atoms with Crippen molar-refractivity contribution in [3.63, 3.8) is 0 Å². The zero-order chi connectivity index (χ0) is 24.7. The minimum atomic E-state index is -1.57. The molecule has 2 aromatic carbocycles. The van der Waals surface area contributed by atoms with Gasteiger partial charge in [-0.3, -0.25) is 9.59 Å². The van der Waals surface area contributed by atoms with Gasteiger partial charge in [-0.05, 0) is 56.9 Å². The number of aromatic hydroxyl groups is 1. The van der Waals surface area contributed by atoms with Gasteiger partial charge in [0.2, 0.25) is 0 Å². The second kappa shape index (κ2) is 13.1. The molecule has 0 fully saturated rings. The number of hydrogen-bond acceptors (Lipinski definition) is 8. The maximum atomic E-state index is 12.2. The Morgan fingerprint density at radius 3 is 2.40 bits per heavy atom. The number of phenolic OH excluding ortho intramolecular Hbond substituents is 1. The second-order valence-corrected chi connectivity index (χ2v) is 7.64. The first-order valence-corrected chi connectivity index (χ1v) is 10.8. The van der Waals surface area contributed by atoms with Crippen molar-refractivity contribution in [2.24, 2.45) is 0 Å². The Kier molecular flexibility index (Phi) is 10.6. The van der Waals surface area contributed by atoms with Gasteiger partial charge in [0.15, 0.2) is 17.0 Å². The van der Waals surface area contributed by atoms with E-state index >= 15 is 0 Å². The van der Waals surface area contributed by atoms with Crippen molar-refractivity contribution in [2.45, 2.75) is 32.6 Å². The molecule has 0 radical (unpaired) electrons. The van der Waals surface area contributed by atoms with Crippen molar-refractivity contribution in [3.05, 3.63) is 76.2 Å². The molecule has 1 N–H and O–H groups in total. The van der Waals surface area contributed by atoms with E-state index in [4.69, 9.17) is 13.9 Å². The first-order chi connectivity index (χ1) is 16.3. The van der Waals surface area contributed by atoms with Crippen LogP contribution in [-0.4, -0.2) is 30.1 Å². The van der Waals surface area contributed by atoms with E-state index in [1.165, 1.54) is 19.1 Å². The number of carbonyl (C=O) groups is 2. The number of hydrogen-bond donors (Lipinski definition) is 1. The maximum absolute atomic E-state index is 12.2. The number of phenols is 1. The Bertz CT molecular complexity index is 1280. The number of ketones is 1.